The van der Waals surface area contributed by atoms with Crippen molar-refractivity contribution in [3.63, 3.8) is 0 Å². The van der Waals surface area contributed by atoms with E-state index in [-0.39, 0.29) is 0 Å². The summed E-state index contributed by atoms with van der Waals surface area (Å²) >= 11 is -2.03. The number of fused-ring (bicyclic) bond motifs is 6. The Morgan fingerprint density at radius 1 is 0.821 bits per heavy atom. The van der Waals surface area contributed by atoms with E-state index in [1.54, 1.807) is 4.40 Å². The predicted molar refractivity (Wildman–Crippen MR) is 172 cm³/mol. The predicted octanol–water partition coefficient (Wildman–Crippen LogP) is 9.69. The molecular weight excluding hydrogens is 533 g/mol. The summed E-state index contributed by atoms with van der Waals surface area (Å²) in [5.41, 5.74) is 9.65. The van der Waals surface area contributed by atoms with Gasteiger partial charge < -0.3 is 0 Å². The monoisotopic (exact) mass is 574 g/mol. The van der Waals surface area contributed by atoms with Crippen LogP contribution in [0.25, 0.3) is 49.4 Å². The molecule has 6 aromatic rings. The number of nitrogens with zero attached hydrogens (tertiary/aromatic N) is 2. The first kappa shape index (κ1) is 25.1. The third-order valence-electron chi connectivity index (χ3n) is 9.11. The Hall–Kier alpha value is -2.85. The van der Waals surface area contributed by atoms with Gasteiger partial charge in [0.1, 0.15) is 0 Å². The topological polar surface area (TPSA) is 17.3 Å². The van der Waals surface area contributed by atoms with Crippen LogP contribution in [0.5, 0.6) is 0 Å². The van der Waals surface area contributed by atoms with Gasteiger partial charge in [-0.15, -0.1) is 0 Å². The second-order valence-electron chi connectivity index (χ2n) is 13.4. The van der Waals surface area contributed by atoms with Crippen LogP contribution in [-0.4, -0.2) is 22.7 Å². The summed E-state index contributed by atoms with van der Waals surface area (Å²) in [6.45, 7) is 4.69. The first-order valence-corrected chi connectivity index (χ1v) is 22.4. The molecule has 0 N–H and O–H groups in total. The van der Waals surface area contributed by atoms with Crippen LogP contribution >= 0.6 is 0 Å². The van der Waals surface area contributed by atoms with Crippen LogP contribution in [0.3, 0.4) is 0 Å². The molecule has 1 aliphatic rings. The fourth-order valence-electron chi connectivity index (χ4n) is 7.39. The molecule has 0 radical (unpaired) electrons. The van der Waals surface area contributed by atoms with Gasteiger partial charge >= 0.3 is 230 Å². The average molecular weight is 573 g/mol. The van der Waals surface area contributed by atoms with E-state index in [1.165, 1.54) is 86.9 Å². The van der Waals surface area contributed by atoms with Crippen molar-refractivity contribution in [2.75, 3.05) is 0 Å². The molecule has 198 valence electrons. The molecule has 39 heavy (non-hydrogen) atoms. The number of hydrogen-bond donors (Lipinski definition) is 0. The molecule has 1 aliphatic carbocycles. The summed E-state index contributed by atoms with van der Waals surface area (Å²) in [4.78, 5) is 5.17. The van der Waals surface area contributed by atoms with Crippen LogP contribution in [-0.2, 0) is 6.42 Å². The van der Waals surface area contributed by atoms with E-state index in [9.17, 15) is 0 Å². The molecule has 3 heterocycles. The summed E-state index contributed by atoms with van der Waals surface area (Å²) in [6.07, 6.45) is 10.00. The zero-order valence-corrected chi connectivity index (χ0v) is 26.2. The average Bonchev–Trinajstić information content (AvgIpc) is 3.44. The van der Waals surface area contributed by atoms with E-state index in [0.29, 0.717) is 11.8 Å². The first-order chi connectivity index (χ1) is 18.8. The van der Waals surface area contributed by atoms with Crippen LogP contribution in [0.2, 0.25) is 17.3 Å². The van der Waals surface area contributed by atoms with Gasteiger partial charge in [0.05, 0.1) is 0 Å². The van der Waals surface area contributed by atoms with Gasteiger partial charge in [-0.25, -0.2) is 0 Å². The first-order valence-electron chi connectivity index (χ1n) is 15.0. The normalized spacial score (nSPS) is 15.5. The SMILES string of the molecule is CC(C)Cc1cc(-c2cc(C3CCCCC3)c3c(c2)c2cccc4c5ccccc5n3c42)nc[c]1[Ge]([CH3])([CH3])[CH3]. The van der Waals surface area contributed by atoms with Crippen molar-refractivity contribution in [1.29, 1.82) is 0 Å². The Bertz CT molecular complexity index is 1830. The molecule has 0 aliphatic heterocycles. The van der Waals surface area contributed by atoms with E-state index in [2.05, 4.69) is 102 Å². The minimum atomic E-state index is -2.03. The van der Waals surface area contributed by atoms with Crippen molar-refractivity contribution in [3.8, 4) is 11.3 Å². The van der Waals surface area contributed by atoms with Crippen LogP contribution in [0.1, 0.15) is 63.0 Å². The Kier molecular flexibility index (Phi) is 6.04. The quantitative estimate of drug-likeness (QED) is 0.188. The fourth-order valence-corrected chi connectivity index (χ4v) is 10.7. The molecule has 1 fully saturated rings. The summed E-state index contributed by atoms with van der Waals surface area (Å²) in [5.74, 6) is 8.74. The van der Waals surface area contributed by atoms with Crippen molar-refractivity contribution < 1.29 is 0 Å². The van der Waals surface area contributed by atoms with Crippen molar-refractivity contribution in [2.45, 2.75) is 75.6 Å². The summed E-state index contributed by atoms with van der Waals surface area (Å²) in [7, 11) is 0. The van der Waals surface area contributed by atoms with Gasteiger partial charge in [-0.05, 0) is 0 Å². The second-order valence-corrected chi connectivity index (χ2v) is 24.0. The molecule has 3 aromatic carbocycles. The van der Waals surface area contributed by atoms with Gasteiger partial charge in [-0.3, -0.25) is 0 Å². The third-order valence-corrected chi connectivity index (χ3v) is 13.4. The molecule has 3 heteroatoms. The number of aromatic nitrogens is 2. The molecule has 0 unspecified atom stereocenters. The van der Waals surface area contributed by atoms with Crippen molar-refractivity contribution >= 4 is 55.8 Å². The fraction of sp³-hybridized carbons (Fsp3) is 0.361. The number of pyridine rings is 1. The maximum absolute atomic E-state index is 5.17. The Morgan fingerprint density at radius 3 is 2.28 bits per heavy atom. The Morgan fingerprint density at radius 2 is 1.54 bits per heavy atom. The van der Waals surface area contributed by atoms with E-state index in [0.717, 1.165) is 12.1 Å². The molecular formula is C36H40GeN2. The van der Waals surface area contributed by atoms with E-state index in [4.69, 9.17) is 4.98 Å². The number of rotatable bonds is 5. The number of benzene rings is 3. The Labute approximate surface area is 235 Å². The van der Waals surface area contributed by atoms with Crippen LogP contribution in [0.15, 0.2) is 66.9 Å². The molecule has 0 atom stereocenters. The molecule has 0 bridgehead atoms. The molecule has 1 saturated carbocycles. The van der Waals surface area contributed by atoms with Gasteiger partial charge in [0.25, 0.3) is 0 Å². The molecule has 0 amide bonds. The van der Waals surface area contributed by atoms with E-state index in [1.807, 2.05) is 0 Å². The second kappa shape index (κ2) is 9.37. The van der Waals surface area contributed by atoms with Crippen LogP contribution in [0, 0.1) is 5.92 Å². The molecule has 0 spiro atoms. The van der Waals surface area contributed by atoms with Crippen molar-refractivity contribution in [1.82, 2.24) is 9.38 Å². The number of hydrogen-bond acceptors (Lipinski definition) is 1. The van der Waals surface area contributed by atoms with Crippen LogP contribution in [0.4, 0.5) is 0 Å². The summed E-state index contributed by atoms with van der Waals surface area (Å²) in [5, 5.41) is 5.50. The van der Waals surface area contributed by atoms with E-state index < -0.39 is 13.3 Å². The van der Waals surface area contributed by atoms with Crippen molar-refractivity contribution in [2.24, 2.45) is 5.92 Å². The molecule has 2 nitrogen and oxygen atoms in total. The summed E-state index contributed by atoms with van der Waals surface area (Å²) < 4.78 is 4.16. The number of para-hydroxylation sites is 2. The van der Waals surface area contributed by atoms with Gasteiger partial charge in [0.15, 0.2) is 0 Å². The van der Waals surface area contributed by atoms with Crippen LogP contribution < -0.4 is 4.40 Å². The maximum atomic E-state index is 5.17. The van der Waals surface area contributed by atoms with Crippen molar-refractivity contribution in [3.05, 3.63) is 78.0 Å². The van der Waals surface area contributed by atoms with Gasteiger partial charge in [0, 0.05) is 0 Å². The van der Waals surface area contributed by atoms with Gasteiger partial charge in [0.2, 0.25) is 0 Å². The standard InChI is InChI=1S/C36H40GeN2/c1-23(2)18-25-21-33(38-22-32(25)37(3,4)5)26-19-30(24-12-7-6-8-13-24)36-31(20-26)29-16-11-15-28-27-14-9-10-17-34(27)39(36)35(28)29/h9-11,14-17,19-24H,6-8,12-13,18H2,1-5H3. The minimum absolute atomic E-state index is 0.608. The molecule has 0 saturated heterocycles. The Balaban J connectivity index is 1.54. The zero-order valence-electron chi connectivity index (χ0n) is 24.1. The molecule has 3 aromatic heterocycles. The third kappa shape index (κ3) is 4.09. The summed E-state index contributed by atoms with van der Waals surface area (Å²) in [6, 6.07) is 23.3. The molecule has 7 rings (SSSR count). The van der Waals surface area contributed by atoms with Gasteiger partial charge in [-0.2, -0.15) is 0 Å². The zero-order chi connectivity index (χ0) is 26.9. The van der Waals surface area contributed by atoms with Gasteiger partial charge in [-0.1, -0.05) is 6.07 Å². The van der Waals surface area contributed by atoms with E-state index >= 15 is 0 Å².